The standard InChI is InChI=1S/C10H10N2O/c11-6-7-2-1-3-9-8(7)4-5-10(9)12-13/h1,3,7,13H,2,4-5H2/b12-10+. The Morgan fingerprint density at radius 1 is 1.54 bits per heavy atom. The Labute approximate surface area is 76.7 Å². The van der Waals surface area contributed by atoms with Crippen LogP contribution in [0.4, 0.5) is 0 Å². The van der Waals surface area contributed by atoms with Gasteiger partial charge in [0.15, 0.2) is 0 Å². The second kappa shape index (κ2) is 3.06. The summed E-state index contributed by atoms with van der Waals surface area (Å²) >= 11 is 0. The van der Waals surface area contributed by atoms with Gasteiger partial charge in [0.1, 0.15) is 0 Å². The van der Waals surface area contributed by atoms with Crippen molar-refractivity contribution < 1.29 is 5.21 Å². The predicted octanol–water partition coefficient (Wildman–Crippen LogP) is 2.01. The van der Waals surface area contributed by atoms with E-state index in [4.69, 9.17) is 10.5 Å². The van der Waals surface area contributed by atoms with Gasteiger partial charge in [0.05, 0.1) is 17.7 Å². The van der Waals surface area contributed by atoms with Crippen molar-refractivity contribution in [1.82, 2.24) is 0 Å². The molecule has 0 heterocycles. The van der Waals surface area contributed by atoms with Crippen LogP contribution in [-0.2, 0) is 0 Å². The lowest BCUT2D eigenvalue weighted by Crippen LogP contribution is -2.05. The summed E-state index contributed by atoms with van der Waals surface area (Å²) in [5.41, 5.74) is 2.87. The highest BCUT2D eigenvalue weighted by Crippen LogP contribution is 2.35. The number of nitriles is 1. The number of allylic oxidation sites excluding steroid dienone is 4. The van der Waals surface area contributed by atoms with Gasteiger partial charge in [-0.25, -0.2) is 0 Å². The smallest absolute Gasteiger partial charge is 0.0870 e. The van der Waals surface area contributed by atoms with Crippen molar-refractivity contribution in [2.75, 3.05) is 0 Å². The Morgan fingerprint density at radius 3 is 3.08 bits per heavy atom. The van der Waals surface area contributed by atoms with Crippen LogP contribution in [0.3, 0.4) is 0 Å². The van der Waals surface area contributed by atoms with E-state index in [0.717, 1.165) is 36.1 Å². The molecule has 0 aromatic rings. The molecule has 0 aliphatic heterocycles. The van der Waals surface area contributed by atoms with E-state index in [9.17, 15) is 0 Å². The molecule has 2 aliphatic rings. The summed E-state index contributed by atoms with van der Waals surface area (Å²) in [5.74, 6) is -0.000694. The van der Waals surface area contributed by atoms with Crippen molar-refractivity contribution in [2.45, 2.75) is 19.3 Å². The van der Waals surface area contributed by atoms with Gasteiger partial charge >= 0.3 is 0 Å². The molecule has 3 heteroatoms. The van der Waals surface area contributed by atoms with Crippen LogP contribution < -0.4 is 0 Å². The van der Waals surface area contributed by atoms with Crippen molar-refractivity contribution in [3.63, 3.8) is 0 Å². The molecule has 2 rings (SSSR count). The molecule has 3 nitrogen and oxygen atoms in total. The van der Waals surface area contributed by atoms with Crippen LogP contribution in [0.1, 0.15) is 19.3 Å². The van der Waals surface area contributed by atoms with Gasteiger partial charge in [0.2, 0.25) is 0 Å². The maximum atomic E-state index is 8.88. The van der Waals surface area contributed by atoms with Crippen LogP contribution >= 0.6 is 0 Å². The largest absolute Gasteiger partial charge is 0.411 e. The number of hydrogen-bond donors (Lipinski definition) is 1. The summed E-state index contributed by atoms with van der Waals surface area (Å²) in [5, 5.41) is 20.8. The first kappa shape index (κ1) is 8.06. The third-order valence-electron chi connectivity index (χ3n) is 2.64. The molecule has 0 aromatic heterocycles. The summed E-state index contributed by atoms with van der Waals surface area (Å²) < 4.78 is 0. The number of oxime groups is 1. The summed E-state index contributed by atoms with van der Waals surface area (Å²) in [7, 11) is 0. The highest BCUT2D eigenvalue weighted by Gasteiger charge is 2.27. The van der Waals surface area contributed by atoms with Gasteiger partial charge in [-0.05, 0) is 30.4 Å². The van der Waals surface area contributed by atoms with Crippen molar-refractivity contribution in [2.24, 2.45) is 11.1 Å². The Bertz CT molecular complexity index is 358. The molecule has 1 N–H and O–H groups in total. The van der Waals surface area contributed by atoms with E-state index in [1.807, 2.05) is 12.2 Å². The second-order valence-electron chi connectivity index (χ2n) is 3.31. The molecule has 0 saturated heterocycles. The summed E-state index contributed by atoms with van der Waals surface area (Å²) in [4.78, 5) is 0. The van der Waals surface area contributed by atoms with Crippen molar-refractivity contribution in [3.05, 3.63) is 23.3 Å². The van der Waals surface area contributed by atoms with Gasteiger partial charge in [0.25, 0.3) is 0 Å². The molecule has 13 heavy (non-hydrogen) atoms. The minimum Gasteiger partial charge on any atom is -0.411 e. The fourth-order valence-electron chi connectivity index (χ4n) is 1.97. The van der Waals surface area contributed by atoms with E-state index in [2.05, 4.69) is 11.2 Å². The van der Waals surface area contributed by atoms with Crippen LogP contribution in [0.15, 0.2) is 28.5 Å². The van der Waals surface area contributed by atoms with Crippen LogP contribution in [0.2, 0.25) is 0 Å². The Morgan fingerprint density at radius 2 is 2.38 bits per heavy atom. The van der Waals surface area contributed by atoms with Crippen molar-refractivity contribution in [3.8, 4) is 6.07 Å². The average Bonchev–Trinajstić information content (AvgIpc) is 2.60. The van der Waals surface area contributed by atoms with E-state index >= 15 is 0 Å². The first-order valence-corrected chi connectivity index (χ1v) is 4.37. The van der Waals surface area contributed by atoms with E-state index in [0.29, 0.717) is 0 Å². The van der Waals surface area contributed by atoms with E-state index < -0.39 is 0 Å². The summed E-state index contributed by atoms with van der Waals surface area (Å²) in [6, 6.07) is 2.27. The van der Waals surface area contributed by atoms with Crippen LogP contribution in [0.25, 0.3) is 0 Å². The fraction of sp³-hybridized carbons (Fsp3) is 0.400. The molecule has 0 saturated carbocycles. The van der Waals surface area contributed by atoms with Gasteiger partial charge < -0.3 is 5.21 Å². The zero-order chi connectivity index (χ0) is 9.26. The first-order valence-electron chi connectivity index (χ1n) is 4.37. The van der Waals surface area contributed by atoms with Crippen molar-refractivity contribution in [1.29, 1.82) is 5.26 Å². The van der Waals surface area contributed by atoms with Crippen LogP contribution in [0, 0.1) is 17.2 Å². The lowest BCUT2D eigenvalue weighted by Gasteiger charge is -2.13. The Hall–Kier alpha value is -1.56. The van der Waals surface area contributed by atoms with E-state index in [1.165, 1.54) is 0 Å². The molecule has 1 unspecified atom stereocenters. The molecular formula is C10H10N2O. The monoisotopic (exact) mass is 174 g/mol. The number of nitrogens with zero attached hydrogens (tertiary/aromatic N) is 2. The van der Waals surface area contributed by atoms with Gasteiger partial charge in [-0.2, -0.15) is 5.26 Å². The van der Waals surface area contributed by atoms with E-state index in [-0.39, 0.29) is 5.92 Å². The normalized spacial score (nSPS) is 29.2. The third-order valence-corrected chi connectivity index (χ3v) is 2.64. The molecule has 0 amide bonds. The zero-order valence-electron chi connectivity index (χ0n) is 7.20. The second-order valence-corrected chi connectivity index (χ2v) is 3.31. The Balaban J connectivity index is 2.42. The molecule has 1 atom stereocenters. The first-order chi connectivity index (χ1) is 6.36. The molecule has 0 radical (unpaired) electrons. The summed E-state index contributed by atoms with van der Waals surface area (Å²) in [6.45, 7) is 0. The predicted molar refractivity (Wildman–Crippen MR) is 48.3 cm³/mol. The van der Waals surface area contributed by atoms with Gasteiger partial charge in [-0.3, -0.25) is 0 Å². The molecule has 2 aliphatic carbocycles. The van der Waals surface area contributed by atoms with Crippen molar-refractivity contribution >= 4 is 5.71 Å². The van der Waals surface area contributed by atoms with E-state index in [1.54, 1.807) is 0 Å². The van der Waals surface area contributed by atoms with Gasteiger partial charge in [-0.1, -0.05) is 17.3 Å². The van der Waals surface area contributed by atoms with Gasteiger partial charge in [-0.15, -0.1) is 0 Å². The molecular weight excluding hydrogens is 164 g/mol. The Kier molecular flexibility index (Phi) is 1.90. The third kappa shape index (κ3) is 1.15. The maximum absolute atomic E-state index is 8.88. The average molecular weight is 174 g/mol. The lowest BCUT2D eigenvalue weighted by molar-refractivity contribution is 0.318. The highest BCUT2D eigenvalue weighted by molar-refractivity contribution is 6.05. The van der Waals surface area contributed by atoms with Crippen LogP contribution in [-0.4, -0.2) is 10.9 Å². The number of rotatable bonds is 0. The SMILES string of the molecule is N#CC1CC=CC2=C1CC/C2=N\O. The molecule has 0 bridgehead atoms. The minimum absolute atomic E-state index is 0.000694. The minimum atomic E-state index is -0.000694. The molecule has 0 fully saturated rings. The quantitative estimate of drug-likeness (QED) is 0.451. The summed E-state index contributed by atoms with van der Waals surface area (Å²) in [6.07, 6.45) is 6.38. The fourth-order valence-corrected chi connectivity index (χ4v) is 1.97. The zero-order valence-corrected chi connectivity index (χ0v) is 7.20. The lowest BCUT2D eigenvalue weighted by atomic mass is 9.89. The molecule has 0 spiro atoms. The van der Waals surface area contributed by atoms with Crippen LogP contribution in [0.5, 0.6) is 0 Å². The topological polar surface area (TPSA) is 56.4 Å². The molecule has 0 aromatic carbocycles. The van der Waals surface area contributed by atoms with Gasteiger partial charge in [0, 0.05) is 0 Å². The maximum Gasteiger partial charge on any atom is 0.0870 e. The number of hydrogen-bond acceptors (Lipinski definition) is 3. The highest BCUT2D eigenvalue weighted by atomic mass is 16.4. The molecule has 66 valence electrons.